The van der Waals surface area contributed by atoms with Gasteiger partial charge in [0.2, 0.25) is 0 Å². The summed E-state index contributed by atoms with van der Waals surface area (Å²) in [6.07, 6.45) is -0.814. The van der Waals surface area contributed by atoms with E-state index in [0.717, 1.165) is 30.8 Å². The normalized spacial score (nSPS) is 14.1. The number of benzene rings is 2. The first kappa shape index (κ1) is 16.4. The Morgan fingerprint density at radius 1 is 1.17 bits per heavy atom. The SMILES string of the molecule is CC(Oc1ccc(F)c(F)c1)C(=O)NCc1ccc2c(c1)CNC2. The van der Waals surface area contributed by atoms with Crippen LogP contribution in [-0.4, -0.2) is 12.0 Å². The van der Waals surface area contributed by atoms with Crippen molar-refractivity contribution in [3.63, 3.8) is 0 Å². The van der Waals surface area contributed by atoms with Crippen LogP contribution < -0.4 is 15.4 Å². The second kappa shape index (κ2) is 6.97. The highest BCUT2D eigenvalue weighted by atomic mass is 19.2. The molecular formula is C18H18F2N2O2. The van der Waals surface area contributed by atoms with Gasteiger partial charge in [0.05, 0.1) is 0 Å². The summed E-state index contributed by atoms with van der Waals surface area (Å²) in [6, 6.07) is 9.28. The van der Waals surface area contributed by atoms with Gasteiger partial charge >= 0.3 is 0 Å². The van der Waals surface area contributed by atoms with Crippen molar-refractivity contribution in [3.8, 4) is 5.75 Å². The van der Waals surface area contributed by atoms with Gasteiger partial charge in [-0.1, -0.05) is 18.2 Å². The van der Waals surface area contributed by atoms with Crippen molar-refractivity contribution in [2.45, 2.75) is 32.7 Å². The molecule has 1 atom stereocenters. The van der Waals surface area contributed by atoms with Crippen molar-refractivity contribution < 1.29 is 18.3 Å². The van der Waals surface area contributed by atoms with Gasteiger partial charge in [-0.2, -0.15) is 0 Å². The molecule has 3 rings (SSSR count). The summed E-state index contributed by atoms with van der Waals surface area (Å²) in [5.41, 5.74) is 3.53. The zero-order valence-corrected chi connectivity index (χ0v) is 13.2. The van der Waals surface area contributed by atoms with Crippen LogP contribution in [0.1, 0.15) is 23.6 Å². The minimum atomic E-state index is -1.01. The van der Waals surface area contributed by atoms with Gasteiger partial charge in [-0.05, 0) is 35.7 Å². The van der Waals surface area contributed by atoms with Crippen LogP contribution in [0.3, 0.4) is 0 Å². The number of ether oxygens (including phenoxy) is 1. The van der Waals surface area contributed by atoms with Crippen LogP contribution in [0.2, 0.25) is 0 Å². The quantitative estimate of drug-likeness (QED) is 0.885. The van der Waals surface area contributed by atoms with Gasteiger partial charge in [-0.25, -0.2) is 8.78 Å². The molecule has 1 heterocycles. The fourth-order valence-electron chi connectivity index (χ4n) is 2.60. The average molecular weight is 332 g/mol. The fraction of sp³-hybridized carbons (Fsp3) is 0.278. The summed E-state index contributed by atoms with van der Waals surface area (Å²) in [5, 5.41) is 6.05. The molecule has 0 saturated heterocycles. The van der Waals surface area contributed by atoms with Crippen LogP contribution in [0.4, 0.5) is 8.78 Å². The predicted molar refractivity (Wildman–Crippen MR) is 85.3 cm³/mol. The maximum atomic E-state index is 13.1. The molecule has 1 unspecified atom stereocenters. The summed E-state index contributed by atoms with van der Waals surface area (Å²) >= 11 is 0. The van der Waals surface area contributed by atoms with E-state index in [9.17, 15) is 13.6 Å². The Morgan fingerprint density at radius 2 is 1.96 bits per heavy atom. The standard InChI is InChI=1S/C18H18F2N2O2/c1-11(24-15-4-5-16(19)17(20)7-15)18(23)22-8-12-2-3-13-9-21-10-14(13)6-12/h2-7,11,21H,8-10H2,1H3,(H,22,23). The van der Waals surface area contributed by atoms with Gasteiger partial charge < -0.3 is 15.4 Å². The molecule has 24 heavy (non-hydrogen) atoms. The molecule has 0 aromatic heterocycles. The molecule has 126 valence electrons. The van der Waals surface area contributed by atoms with Crippen molar-refractivity contribution in [1.29, 1.82) is 0 Å². The number of nitrogens with one attached hydrogen (secondary N) is 2. The van der Waals surface area contributed by atoms with Crippen molar-refractivity contribution in [2.24, 2.45) is 0 Å². The van der Waals surface area contributed by atoms with Crippen LogP contribution in [0, 0.1) is 11.6 Å². The molecule has 0 aliphatic carbocycles. The molecule has 0 bridgehead atoms. The van der Waals surface area contributed by atoms with Gasteiger partial charge in [-0.3, -0.25) is 4.79 Å². The number of halogens is 2. The van der Waals surface area contributed by atoms with E-state index in [1.807, 2.05) is 6.07 Å². The number of rotatable bonds is 5. The smallest absolute Gasteiger partial charge is 0.261 e. The van der Waals surface area contributed by atoms with Gasteiger partial charge in [0, 0.05) is 25.7 Å². The molecule has 6 heteroatoms. The van der Waals surface area contributed by atoms with E-state index in [-0.39, 0.29) is 11.7 Å². The van der Waals surface area contributed by atoms with E-state index in [2.05, 4.69) is 22.8 Å². The molecule has 2 aromatic carbocycles. The Balaban J connectivity index is 1.55. The highest BCUT2D eigenvalue weighted by Crippen LogP contribution is 2.18. The Bertz CT molecular complexity index is 765. The van der Waals surface area contributed by atoms with Gasteiger partial charge in [0.1, 0.15) is 5.75 Å². The average Bonchev–Trinajstić information content (AvgIpc) is 3.03. The summed E-state index contributed by atoms with van der Waals surface area (Å²) in [4.78, 5) is 12.1. The molecular weight excluding hydrogens is 314 g/mol. The van der Waals surface area contributed by atoms with Crippen LogP contribution in [0.25, 0.3) is 0 Å². The molecule has 2 aromatic rings. The Kier molecular flexibility index (Phi) is 4.76. The molecule has 2 N–H and O–H groups in total. The van der Waals surface area contributed by atoms with Crippen LogP contribution in [-0.2, 0) is 24.4 Å². The van der Waals surface area contributed by atoms with Crippen molar-refractivity contribution >= 4 is 5.91 Å². The first-order valence-corrected chi connectivity index (χ1v) is 7.74. The minimum absolute atomic E-state index is 0.111. The number of carbonyl (C=O) groups is 1. The third-order valence-electron chi connectivity index (χ3n) is 3.94. The molecule has 0 saturated carbocycles. The number of fused-ring (bicyclic) bond motifs is 1. The molecule has 0 radical (unpaired) electrons. The number of carbonyl (C=O) groups excluding carboxylic acids is 1. The molecule has 0 spiro atoms. The van der Waals surface area contributed by atoms with Gasteiger partial charge in [0.15, 0.2) is 17.7 Å². The third-order valence-corrected chi connectivity index (χ3v) is 3.94. The summed E-state index contributed by atoms with van der Waals surface area (Å²) in [5.74, 6) is -2.17. The molecule has 1 amide bonds. The highest BCUT2D eigenvalue weighted by molar-refractivity contribution is 5.80. The van der Waals surface area contributed by atoms with E-state index < -0.39 is 17.7 Å². The first-order valence-electron chi connectivity index (χ1n) is 7.74. The molecule has 1 aliphatic rings. The van der Waals surface area contributed by atoms with Crippen molar-refractivity contribution in [1.82, 2.24) is 10.6 Å². The summed E-state index contributed by atoms with van der Waals surface area (Å²) in [6.45, 7) is 3.66. The van der Waals surface area contributed by atoms with E-state index in [4.69, 9.17) is 4.74 Å². The second-order valence-electron chi connectivity index (χ2n) is 5.76. The summed E-state index contributed by atoms with van der Waals surface area (Å²) < 4.78 is 31.4. The van der Waals surface area contributed by atoms with E-state index in [0.29, 0.717) is 6.54 Å². The third kappa shape index (κ3) is 3.71. The lowest BCUT2D eigenvalue weighted by molar-refractivity contribution is -0.127. The van der Waals surface area contributed by atoms with Crippen LogP contribution >= 0.6 is 0 Å². The highest BCUT2D eigenvalue weighted by Gasteiger charge is 2.16. The first-order chi connectivity index (χ1) is 11.5. The number of amides is 1. The summed E-state index contributed by atoms with van der Waals surface area (Å²) in [7, 11) is 0. The van der Waals surface area contributed by atoms with Gasteiger partial charge in [0.25, 0.3) is 5.91 Å². The molecule has 4 nitrogen and oxygen atoms in total. The lowest BCUT2D eigenvalue weighted by atomic mass is 10.1. The lowest BCUT2D eigenvalue weighted by Gasteiger charge is -2.15. The van der Waals surface area contributed by atoms with Crippen LogP contribution in [0.5, 0.6) is 5.75 Å². The number of hydrogen-bond donors (Lipinski definition) is 2. The monoisotopic (exact) mass is 332 g/mol. The molecule has 0 fully saturated rings. The van der Waals surface area contributed by atoms with Gasteiger partial charge in [-0.15, -0.1) is 0 Å². The number of hydrogen-bond acceptors (Lipinski definition) is 3. The van der Waals surface area contributed by atoms with Crippen molar-refractivity contribution in [3.05, 3.63) is 64.7 Å². The van der Waals surface area contributed by atoms with Crippen LogP contribution in [0.15, 0.2) is 36.4 Å². The Morgan fingerprint density at radius 3 is 2.75 bits per heavy atom. The zero-order valence-electron chi connectivity index (χ0n) is 13.2. The predicted octanol–water partition coefficient (Wildman–Crippen LogP) is 2.65. The fourth-order valence-corrected chi connectivity index (χ4v) is 2.60. The zero-order chi connectivity index (χ0) is 17.1. The minimum Gasteiger partial charge on any atom is -0.481 e. The largest absolute Gasteiger partial charge is 0.481 e. The topological polar surface area (TPSA) is 50.4 Å². The van der Waals surface area contributed by atoms with E-state index >= 15 is 0 Å². The van der Waals surface area contributed by atoms with E-state index in [1.165, 1.54) is 17.2 Å². The maximum absolute atomic E-state index is 13.1. The van der Waals surface area contributed by atoms with E-state index in [1.54, 1.807) is 6.92 Å². The van der Waals surface area contributed by atoms with Crippen molar-refractivity contribution in [2.75, 3.05) is 0 Å². The second-order valence-corrected chi connectivity index (χ2v) is 5.76. The Hall–Kier alpha value is -2.47. The molecule has 1 aliphatic heterocycles. The lowest BCUT2D eigenvalue weighted by Crippen LogP contribution is -2.35. The Labute approximate surface area is 138 Å². The maximum Gasteiger partial charge on any atom is 0.261 e.